The van der Waals surface area contributed by atoms with Crippen LogP contribution in [0.15, 0.2) is 35.4 Å². The molecule has 0 aliphatic heterocycles. The molecule has 7 heteroatoms. The second kappa shape index (κ2) is 7.44. The van der Waals surface area contributed by atoms with E-state index in [1.165, 1.54) is 0 Å². The molecule has 22 heavy (non-hydrogen) atoms. The van der Waals surface area contributed by atoms with E-state index in [0.717, 1.165) is 17.0 Å². The number of hydrazone groups is 1. The van der Waals surface area contributed by atoms with Crippen molar-refractivity contribution in [3.63, 3.8) is 0 Å². The van der Waals surface area contributed by atoms with Crippen LogP contribution in [-0.2, 0) is 0 Å². The number of hydrogen-bond acceptors (Lipinski definition) is 5. The number of aryl methyl sites for hydroxylation is 2. The van der Waals surface area contributed by atoms with Gasteiger partial charge in [-0.3, -0.25) is 0 Å². The normalized spacial score (nSPS) is 11.1. The van der Waals surface area contributed by atoms with E-state index in [9.17, 15) is 8.78 Å². The molecule has 0 spiro atoms. The standard InChI is InChI=1S/C15H16F2N4O/c1-10-7-11(2)20-15(19-10)21-18-8-12-3-5-13(6-4-12)22-9-14(16)17/h3-8,14H,9H2,1-2H3,(H,19,20,21)/b18-8+. The van der Waals surface area contributed by atoms with Crippen LogP contribution >= 0.6 is 0 Å². The van der Waals surface area contributed by atoms with E-state index < -0.39 is 13.0 Å². The molecule has 2 rings (SSSR count). The van der Waals surface area contributed by atoms with Crippen LogP contribution in [-0.4, -0.2) is 29.2 Å². The highest BCUT2D eigenvalue weighted by Crippen LogP contribution is 2.12. The van der Waals surface area contributed by atoms with Crippen molar-refractivity contribution < 1.29 is 13.5 Å². The Kier molecular flexibility index (Phi) is 5.35. The predicted molar refractivity (Wildman–Crippen MR) is 80.7 cm³/mol. The van der Waals surface area contributed by atoms with Gasteiger partial charge >= 0.3 is 0 Å². The van der Waals surface area contributed by atoms with Crippen LogP contribution in [0.1, 0.15) is 17.0 Å². The Morgan fingerprint density at radius 2 is 1.82 bits per heavy atom. The Morgan fingerprint density at radius 3 is 2.41 bits per heavy atom. The number of rotatable bonds is 6. The first-order valence-corrected chi connectivity index (χ1v) is 6.65. The average molecular weight is 306 g/mol. The van der Waals surface area contributed by atoms with Gasteiger partial charge in [0.15, 0.2) is 0 Å². The van der Waals surface area contributed by atoms with Crippen molar-refractivity contribution in [3.05, 3.63) is 47.3 Å². The van der Waals surface area contributed by atoms with Crippen LogP contribution in [0.2, 0.25) is 0 Å². The number of alkyl halides is 2. The Morgan fingerprint density at radius 1 is 1.18 bits per heavy atom. The number of hydrogen-bond donors (Lipinski definition) is 1. The molecule has 1 N–H and O–H groups in total. The molecule has 0 radical (unpaired) electrons. The van der Waals surface area contributed by atoms with Crippen molar-refractivity contribution in [1.82, 2.24) is 9.97 Å². The van der Waals surface area contributed by atoms with Crippen LogP contribution in [0.5, 0.6) is 5.75 Å². The van der Waals surface area contributed by atoms with Gasteiger partial charge in [-0.1, -0.05) is 0 Å². The second-order valence-corrected chi connectivity index (χ2v) is 4.62. The van der Waals surface area contributed by atoms with Crippen LogP contribution in [0.4, 0.5) is 14.7 Å². The SMILES string of the molecule is Cc1cc(C)nc(N/N=C/c2ccc(OCC(F)F)cc2)n1. The number of benzene rings is 1. The zero-order valence-electron chi connectivity index (χ0n) is 12.3. The highest BCUT2D eigenvalue weighted by molar-refractivity contribution is 5.80. The van der Waals surface area contributed by atoms with Crippen LogP contribution in [0, 0.1) is 13.8 Å². The summed E-state index contributed by atoms with van der Waals surface area (Å²) in [5.41, 5.74) is 5.24. The number of ether oxygens (including phenoxy) is 1. The van der Waals surface area contributed by atoms with Gasteiger partial charge in [-0.25, -0.2) is 24.2 Å². The van der Waals surface area contributed by atoms with Gasteiger partial charge in [-0.05, 0) is 49.7 Å². The molecule has 5 nitrogen and oxygen atoms in total. The molecule has 0 aliphatic rings. The van der Waals surface area contributed by atoms with E-state index in [1.807, 2.05) is 19.9 Å². The minimum Gasteiger partial charge on any atom is -0.488 e. The van der Waals surface area contributed by atoms with Crippen molar-refractivity contribution in [2.45, 2.75) is 20.3 Å². The number of halogens is 2. The van der Waals surface area contributed by atoms with Crippen LogP contribution in [0.25, 0.3) is 0 Å². The number of nitrogens with zero attached hydrogens (tertiary/aromatic N) is 3. The maximum Gasteiger partial charge on any atom is 0.272 e. The Balaban J connectivity index is 1.92. The monoisotopic (exact) mass is 306 g/mol. The second-order valence-electron chi connectivity index (χ2n) is 4.62. The van der Waals surface area contributed by atoms with Crippen LogP contribution < -0.4 is 10.2 Å². The summed E-state index contributed by atoms with van der Waals surface area (Å²) in [5.74, 6) is 0.814. The summed E-state index contributed by atoms with van der Waals surface area (Å²) in [4.78, 5) is 8.39. The van der Waals surface area contributed by atoms with Crippen molar-refractivity contribution >= 4 is 12.2 Å². The molecule has 116 valence electrons. The van der Waals surface area contributed by atoms with Crippen molar-refractivity contribution in [1.29, 1.82) is 0 Å². The van der Waals surface area contributed by atoms with E-state index in [4.69, 9.17) is 4.74 Å². The average Bonchev–Trinajstić information content (AvgIpc) is 2.45. The predicted octanol–water partition coefficient (Wildman–Crippen LogP) is 3.18. The molecular formula is C15H16F2N4O. The fourth-order valence-corrected chi connectivity index (χ4v) is 1.75. The maximum absolute atomic E-state index is 12.0. The first kappa shape index (κ1) is 15.8. The third-order valence-corrected chi connectivity index (χ3v) is 2.62. The molecule has 0 fully saturated rings. The highest BCUT2D eigenvalue weighted by atomic mass is 19.3. The van der Waals surface area contributed by atoms with Gasteiger partial charge in [0.05, 0.1) is 6.21 Å². The number of anilines is 1. The summed E-state index contributed by atoms with van der Waals surface area (Å²) >= 11 is 0. The van der Waals surface area contributed by atoms with Gasteiger partial charge < -0.3 is 4.74 Å². The molecule has 0 atom stereocenters. The van der Waals surface area contributed by atoms with E-state index in [0.29, 0.717) is 11.7 Å². The summed E-state index contributed by atoms with van der Waals surface area (Å²) in [6.07, 6.45) is -0.902. The van der Waals surface area contributed by atoms with Gasteiger partial charge in [-0.2, -0.15) is 5.10 Å². The summed E-state index contributed by atoms with van der Waals surface area (Å²) in [7, 11) is 0. The summed E-state index contributed by atoms with van der Waals surface area (Å²) in [6.45, 7) is 3.14. The molecule has 2 aromatic rings. The molecule has 1 heterocycles. The molecule has 0 aliphatic carbocycles. The van der Waals surface area contributed by atoms with E-state index in [2.05, 4.69) is 20.5 Å². The van der Waals surface area contributed by atoms with Crippen molar-refractivity contribution in [2.24, 2.45) is 5.10 Å². The summed E-state index contributed by atoms with van der Waals surface area (Å²) in [6, 6.07) is 8.52. The fourth-order valence-electron chi connectivity index (χ4n) is 1.75. The first-order chi connectivity index (χ1) is 10.5. The van der Waals surface area contributed by atoms with Crippen LogP contribution in [0.3, 0.4) is 0 Å². The van der Waals surface area contributed by atoms with Crippen molar-refractivity contribution in [2.75, 3.05) is 12.0 Å². The molecule has 0 bridgehead atoms. The Hall–Kier alpha value is -2.57. The van der Waals surface area contributed by atoms with Crippen molar-refractivity contribution in [3.8, 4) is 5.75 Å². The lowest BCUT2D eigenvalue weighted by Gasteiger charge is -2.05. The third-order valence-electron chi connectivity index (χ3n) is 2.62. The summed E-state index contributed by atoms with van der Waals surface area (Å²) < 4.78 is 28.9. The van der Waals surface area contributed by atoms with Gasteiger partial charge in [0.2, 0.25) is 5.95 Å². The third kappa shape index (κ3) is 5.08. The van der Waals surface area contributed by atoms with Gasteiger partial charge in [0.1, 0.15) is 12.4 Å². The maximum atomic E-state index is 12.0. The quantitative estimate of drug-likeness (QED) is 0.658. The largest absolute Gasteiger partial charge is 0.488 e. The first-order valence-electron chi connectivity index (χ1n) is 6.65. The van der Waals surface area contributed by atoms with E-state index in [1.54, 1.807) is 30.5 Å². The number of nitrogens with one attached hydrogen (secondary N) is 1. The lowest BCUT2D eigenvalue weighted by Crippen LogP contribution is -2.06. The zero-order chi connectivity index (χ0) is 15.9. The number of aromatic nitrogens is 2. The molecule has 1 aromatic carbocycles. The molecule has 0 saturated heterocycles. The minimum atomic E-state index is -2.48. The topological polar surface area (TPSA) is 59.4 Å². The molecule has 0 amide bonds. The summed E-state index contributed by atoms with van der Waals surface area (Å²) in [5, 5.41) is 4.04. The van der Waals surface area contributed by atoms with Gasteiger partial charge in [0.25, 0.3) is 6.43 Å². The molecule has 0 unspecified atom stereocenters. The minimum absolute atomic E-state index is 0.392. The molecule has 0 saturated carbocycles. The van der Waals surface area contributed by atoms with Gasteiger partial charge in [-0.15, -0.1) is 0 Å². The van der Waals surface area contributed by atoms with E-state index in [-0.39, 0.29) is 0 Å². The fraction of sp³-hybridized carbons (Fsp3) is 0.267. The Bertz CT molecular complexity index is 624. The Labute approximate surface area is 127 Å². The molecular weight excluding hydrogens is 290 g/mol. The molecule has 1 aromatic heterocycles. The lowest BCUT2D eigenvalue weighted by molar-refractivity contribution is 0.0819. The highest BCUT2D eigenvalue weighted by Gasteiger charge is 2.03. The van der Waals surface area contributed by atoms with Gasteiger partial charge in [0, 0.05) is 11.4 Å². The zero-order valence-corrected chi connectivity index (χ0v) is 12.3. The van der Waals surface area contributed by atoms with E-state index >= 15 is 0 Å². The lowest BCUT2D eigenvalue weighted by atomic mass is 10.2. The smallest absolute Gasteiger partial charge is 0.272 e.